The second-order valence-electron chi connectivity index (χ2n) is 7.77. The number of benzene rings is 1. The van der Waals surface area contributed by atoms with E-state index >= 15 is 0 Å². The molecule has 0 unspecified atom stereocenters. The Labute approximate surface area is 177 Å². The first-order chi connectivity index (χ1) is 14.3. The molecule has 0 aliphatic carbocycles. The van der Waals surface area contributed by atoms with Gasteiger partial charge in [0, 0.05) is 31.2 Å². The molecular weight excluding hydrogens is 390 g/mol. The predicted octanol–water partition coefficient (Wildman–Crippen LogP) is -1.68. The molecule has 0 radical (unpaired) electrons. The highest BCUT2D eigenvalue weighted by Crippen LogP contribution is 2.27. The van der Waals surface area contributed by atoms with Crippen molar-refractivity contribution in [1.29, 1.82) is 0 Å². The van der Waals surface area contributed by atoms with Crippen molar-refractivity contribution in [1.82, 2.24) is 9.80 Å². The predicted molar refractivity (Wildman–Crippen MR) is 109 cm³/mol. The maximum atomic E-state index is 9.04. The highest BCUT2D eigenvalue weighted by molar-refractivity contribution is 6.26. The Hall–Kier alpha value is -2.36. The van der Waals surface area contributed by atoms with Gasteiger partial charge in [-0.1, -0.05) is 0 Å². The molecular formula is C21H33N3O6. The summed E-state index contributed by atoms with van der Waals surface area (Å²) in [7, 11) is 5.77. The quantitative estimate of drug-likeness (QED) is 0.541. The number of carboxylic acids is 2. The van der Waals surface area contributed by atoms with Gasteiger partial charge in [-0.05, 0) is 44.1 Å². The lowest BCUT2D eigenvalue weighted by Crippen LogP contribution is -3.12. The van der Waals surface area contributed by atoms with Gasteiger partial charge in [0.05, 0.1) is 34.4 Å². The van der Waals surface area contributed by atoms with E-state index in [4.69, 9.17) is 29.3 Å². The van der Waals surface area contributed by atoms with Crippen molar-refractivity contribution in [2.75, 3.05) is 60.5 Å². The van der Waals surface area contributed by atoms with Gasteiger partial charge >= 0.3 is 5.97 Å². The maximum absolute atomic E-state index is 9.04. The maximum Gasteiger partial charge on any atom is 0.351 e. The van der Waals surface area contributed by atoms with Crippen LogP contribution in [0.1, 0.15) is 18.4 Å². The van der Waals surface area contributed by atoms with Gasteiger partial charge in [0.25, 0.3) is 0 Å². The van der Waals surface area contributed by atoms with Gasteiger partial charge in [0.15, 0.2) is 5.97 Å². The van der Waals surface area contributed by atoms with Crippen LogP contribution < -0.4 is 19.5 Å². The fourth-order valence-electron chi connectivity index (χ4n) is 3.96. The lowest BCUT2D eigenvalue weighted by molar-refractivity contribution is -0.884. The van der Waals surface area contributed by atoms with Crippen LogP contribution in [0.15, 0.2) is 18.2 Å². The molecule has 2 aliphatic heterocycles. The number of carbonyl (C=O) groups is 2. The summed E-state index contributed by atoms with van der Waals surface area (Å²) in [4.78, 5) is 25.0. The summed E-state index contributed by atoms with van der Waals surface area (Å²) < 4.78 is 10.9. The minimum atomic E-state index is -2.07. The zero-order chi connectivity index (χ0) is 22.1. The van der Waals surface area contributed by atoms with Crippen molar-refractivity contribution < 1.29 is 34.2 Å². The number of nitrogens with one attached hydrogen (secondary N) is 1. The molecule has 2 saturated heterocycles. The molecule has 2 N–H and O–H groups in total. The molecule has 2 fully saturated rings. The second-order valence-corrected chi connectivity index (χ2v) is 7.77. The van der Waals surface area contributed by atoms with Crippen molar-refractivity contribution in [3.8, 4) is 11.5 Å². The van der Waals surface area contributed by atoms with Crippen LogP contribution in [0, 0.1) is 0 Å². The third kappa shape index (κ3) is 7.16. The molecule has 0 saturated carbocycles. The first-order valence-electron chi connectivity index (χ1n) is 10.3. The lowest BCUT2D eigenvalue weighted by Gasteiger charge is -2.41. The number of methoxy groups -OCH3 is 2. The van der Waals surface area contributed by atoms with E-state index in [1.807, 2.05) is 12.1 Å². The van der Waals surface area contributed by atoms with E-state index in [1.165, 1.54) is 57.7 Å². The van der Waals surface area contributed by atoms with Gasteiger partial charge in [-0.25, -0.2) is 4.79 Å². The van der Waals surface area contributed by atoms with Crippen LogP contribution in [0.3, 0.4) is 0 Å². The molecule has 30 heavy (non-hydrogen) atoms. The lowest BCUT2D eigenvalue weighted by atomic mass is 10.0. The highest BCUT2D eigenvalue weighted by Gasteiger charge is 2.28. The number of ether oxygens (including phenoxy) is 2. The molecule has 2 aliphatic rings. The zero-order valence-corrected chi connectivity index (χ0v) is 18.1. The number of hydrogen-bond acceptors (Lipinski definition) is 7. The zero-order valence-electron chi connectivity index (χ0n) is 18.1. The van der Waals surface area contributed by atoms with Gasteiger partial charge in [-0.2, -0.15) is 0 Å². The van der Waals surface area contributed by atoms with E-state index < -0.39 is 11.9 Å². The minimum absolute atomic E-state index is 0.779. The summed E-state index contributed by atoms with van der Waals surface area (Å²) in [6.45, 7) is 8.40. The minimum Gasteiger partial charge on any atom is -0.539 e. The number of aliphatic carboxylic acids is 2. The molecule has 0 aromatic heterocycles. The van der Waals surface area contributed by atoms with Gasteiger partial charge < -0.3 is 29.4 Å². The molecule has 0 spiro atoms. The van der Waals surface area contributed by atoms with Gasteiger partial charge in [-0.15, -0.1) is 0 Å². The van der Waals surface area contributed by atoms with Crippen molar-refractivity contribution >= 4 is 11.9 Å². The summed E-state index contributed by atoms with van der Waals surface area (Å²) in [5.74, 6) is -2.15. The van der Waals surface area contributed by atoms with Crippen LogP contribution in [-0.4, -0.2) is 93.4 Å². The number of hydrogen-bond donors (Lipinski definition) is 2. The SMILES string of the molecule is COc1ccc(OC)c(CN2CCC(N3CC[NH+](C)CC3)CC2)c1.O=C([O-])C(=O)O. The van der Waals surface area contributed by atoms with Crippen molar-refractivity contribution in [2.24, 2.45) is 0 Å². The Morgan fingerprint density at radius 3 is 2.23 bits per heavy atom. The number of quaternary nitrogens is 1. The Morgan fingerprint density at radius 2 is 1.73 bits per heavy atom. The molecule has 0 atom stereocenters. The monoisotopic (exact) mass is 423 g/mol. The fraction of sp³-hybridized carbons (Fsp3) is 0.619. The molecule has 0 bridgehead atoms. The van der Waals surface area contributed by atoms with E-state index in [-0.39, 0.29) is 0 Å². The number of rotatable bonds is 5. The molecule has 9 nitrogen and oxygen atoms in total. The van der Waals surface area contributed by atoms with E-state index in [9.17, 15) is 0 Å². The van der Waals surface area contributed by atoms with Crippen LogP contribution in [0.25, 0.3) is 0 Å². The third-order valence-corrected chi connectivity index (χ3v) is 5.78. The summed E-state index contributed by atoms with van der Waals surface area (Å²) in [5, 5.41) is 16.3. The van der Waals surface area contributed by atoms with E-state index in [0.29, 0.717) is 0 Å². The van der Waals surface area contributed by atoms with Gasteiger partial charge in [-0.3, -0.25) is 9.80 Å². The van der Waals surface area contributed by atoms with E-state index in [0.717, 1.165) is 24.1 Å². The number of likely N-dealkylation sites (tertiary alicyclic amines) is 1. The van der Waals surface area contributed by atoms with Crippen molar-refractivity contribution in [3.05, 3.63) is 23.8 Å². The molecule has 0 amide bonds. The van der Waals surface area contributed by atoms with Crippen molar-refractivity contribution in [2.45, 2.75) is 25.4 Å². The smallest absolute Gasteiger partial charge is 0.351 e. The summed E-state index contributed by atoms with van der Waals surface area (Å²) >= 11 is 0. The normalized spacial score (nSPS) is 18.9. The Kier molecular flexibility index (Phi) is 9.35. The molecule has 9 heteroatoms. The number of piperidine rings is 1. The van der Waals surface area contributed by atoms with E-state index in [1.54, 1.807) is 19.1 Å². The molecule has 2 heterocycles. The van der Waals surface area contributed by atoms with Crippen molar-refractivity contribution in [3.63, 3.8) is 0 Å². The Balaban J connectivity index is 0.000000469. The van der Waals surface area contributed by atoms with Gasteiger partial charge in [0.1, 0.15) is 11.5 Å². The molecule has 168 valence electrons. The number of carbonyl (C=O) groups excluding carboxylic acids is 1. The van der Waals surface area contributed by atoms with E-state index in [2.05, 4.69) is 22.9 Å². The fourth-order valence-corrected chi connectivity index (χ4v) is 3.96. The number of nitrogens with zero attached hydrogens (tertiary/aromatic N) is 2. The highest BCUT2D eigenvalue weighted by atomic mass is 16.5. The first-order valence-corrected chi connectivity index (χ1v) is 10.3. The average molecular weight is 424 g/mol. The first kappa shape index (κ1) is 23.9. The second kappa shape index (κ2) is 11.7. The summed E-state index contributed by atoms with van der Waals surface area (Å²) in [6, 6.07) is 6.85. The largest absolute Gasteiger partial charge is 0.539 e. The topological polar surface area (TPSA) is 107 Å². The average Bonchev–Trinajstić information content (AvgIpc) is 2.75. The Bertz CT molecular complexity index is 686. The number of carboxylic acid groups (broad SMARTS) is 2. The number of likely N-dealkylation sites (N-methyl/N-ethyl adjacent to an activating group) is 1. The van der Waals surface area contributed by atoms with Crippen LogP contribution in [0.2, 0.25) is 0 Å². The van der Waals surface area contributed by atoms with Crippen LogP contribution in [-0.2, 0) is 16.1 Å². The Morgan fingerprint density at radius 1 is 1.13 bits per heavy atom. The molecule has 1 aromatic rings. The molecule has 1 aromatic carbocycles. The van der Waals surface area contributed by atoms with Gasteiger partial charge in [0.2, 0.25) is 0 Å². The summed E-state index contributed by atoms with van der Waals surface area (Å²) in [5.41, 5.74) is 1.22. The standard InChI is InChI=1S/C19H31N3O2.C2H2O4/c1-20-10-12-22(13-11-20)17-6-8-21(9-7-17)15-16-14-18(23-2)4-5-19(16)24-3;3-1(4)2(5)6/h4-5,14,17H,6-13,15H2,1-3H3;(H,3,4)(H,5,6). The van der Waals surface area contributed by atoms with Crippen LogP contribution in [0.5, 0.6) is 11.5 Å². The third-order valence-electron chi connectivity index (χ3n) is 5.78. The van der Waals surface area contributed by atoms with Crippen LogP contribution in [0.4, 0.5) is 0 Å². The number of piperazine rings is 1. The molecule has 3 rings (SSSR count). The van der Waals surface area contributed by atoms with Crippen LogP contribution >= 0.6 is 0 Å². The summed E-state index contributed by atoms with van der Waals surface area (Å²) in [6.07, 6.45) is 2.57.